The zero-order valence-corrected chi connectivity index (χ0v) is 11.7. The third-order valence-electron chi connectivity index (χ3n) is 4.82. The van der Waals surface area contributed by atoms with Crippen molar-refractivity contribution in [2.24, 2.45) is 23.7 Å². The number of carbonyl (C=O) groups excluding carboxylic acids is 1. The van der Waals surface area contributed by atoms with Crippen LogP contribution in [-0.2, 0) is 9.59 Å². The highest BCUT2D eigenvalue weighted by Crippen LogP contribution is 2.31. The molecule has 0 saturated heterocycles. The predicted octanol–water partition coefficient (Wildman–Crippen LogP) is 2.43. The van der Waals surface area contributed by atoms with Gasteiger partial charge in [-0.15, -0.1) is 0 Å². The molecule has 2 aliphatic rings. The van der Waals surface area contributed by atoms with Crippen LogP contribution in [0.2, 0.25) is 0 Å². The number of carbonyl (C=O) groups is 2. The molecule has 0 aromatic rings. The minimum Gasteiger partial charge on any atom is -0.481 e. The van der Waals surface area contributed by atoms with Crippen LogP contribution in [0.3, 0.4) is 0 Å². The van der Waals surface area contributed by atoms with Gasteiger partial charge >= 0.3 is 5.97 Å². The highest BCUT2D eigenvalue weighted by molar-refractivity contribution is 5.79. The Bertz CT molecular complexity index is 334. The zero-order valence-electron chi connectivity index (χ0n) is 11.7. The van der Waals surface area contributed by atoms with Gasteiger partial charge in [-0.05, 0) is 50.4 Å². The van der Waals surface area contributed by atoms with E-state index in [0.29, 0.717) is 18.8 Å². The first-order valence-electron chi connectivity index (χ1n) is 7.56. The number of rotatable bonds is 4. The number of amides is 1. The van der Waals surface area contributed by atoms with E-state index in [0.717, 1.165) is 25.3 Å². The molecule has 2 rings (SSSR count). The van der Waals surface area contributed by atoms with Crippen LogP contribution in [0.4, 0.5) is 0 Å². The topological polar surface area (TPSA) is 66.4 Å². The van der Waals surface area contributed by atoms with Crippen LogP contribution in [0.5, 0.6) is 0 Å². The predicted molar refractivity (Wildman–Crippen MR) is 72.6 cm³/mol. The maximum Gasteiger partial charge on any atom is 0.306 e. The maximum absolute atomic E-state index is 12.1. The fraction of sp³-hybridized carbons (Fsp3) is 0.867. The second kappa shape index (κ2) is 6.40. The van der Waals surface area contributed by atoms with Gasteiger partial charge in [-0.25, -0.2) is 0 Å². The third kappa shape index (κ3) is 3.95. The Morgan fingerprint density at radius 1 is 1.05 bits per heavy atom. The van der Waals surface area contributed by atoms with E-state index >= 15 is 0 Å². The molecule has 1 amide bonds. The highest BCUT2D eigenvalue weighted by atomic mass is 16.4. The highest BCUT2D eigenvalue weighted by Gasteiger charge is 2.30. The molecule has 19 heavy (non-hydrogen) atoms. The van der Waals surface area contributed by atoms with Gasteiger partial charge in [0, 0.05) is 12.5 Å². The molecular weight excluding hydrogens is 242 g/mol. The number of carboxylic acid groups (broad SMARTS) is 1. The van der Waals surface area contributed by atoms with Gasteiger partial charge in [0.2, 0.25) is 5.91 Å². The van der Waals surface area contributed by atoms with Gasteiger partial charge in [0.05, 0.1) is 5.92 Å². The van der Waals surface area contributed by atoms with E-state index in [2.05, 4.69) is 12.2 Å². The fourth-order valence-corrected chi connectivity index (χ4v) is 3.50. The van der Waals surface area contributed by atoms with Crippen LogP contribution in [0, 0.1) is 23.7 Å². The standard InChI is InChI=1S/C15H25NO3/c1-10-2-3-11(8-10)9-16-14(17)12-4-6-13(7-5-12)15(18)19/h10-13H,2-9H2,1H3,(H,16,17)(H,18,19). The molecular formula is C15H25NO3. The Kier molecular flexibility index (Phi) is 4.83. The lowest BCUT2D eigenvalue weighted by Crippen LogP contribution is -2.36. The van der Waals surface area contributed by atoms with Crippen molar-refractivity contribution < 1.29 is 14.7 Å². The normalized spacial score (nSPS) is 35.0. The van der Waals surface area contributed by atoms with E-state index in [-0.39, 0.29) is 17.7 Å². The SMILES string of the molecule is CC1CCC(CNC(=O)C2CCC(C(=O)O)CC2)C1. The first-order chi connectivity index (χ1) is 9.06. The molecule has 2 aliphatic carbocycles. The third-order valence-corrected chi connectivity index (χ3v) is 4.82. The van der Waals surface area contributed by atoms with E-state index in [9.17, 15) is 9.59 Å². The quantitative estimate of drug-likeness (QED) is 0.822. The minimum atomic E-state index is -0.709. The number of hydrogen-bond donors (Lipinski definition) is 2. The molecule has 4 heteroatoms. The molecule has 0 aliphatic heterocycles. The molecule has 2 atom stereocenters. The molecule has 2 unspecified atom stereocenters. The second-order valence-electron chi connectivity index (χ2n) is 6.42. The Morgan fingerprint density at radius 2 is 1.68 bits per heavy atom. The summed E-state index contributed by atoms with van der Waals surface area (Å²) in [5.41, 5.74) is 0. The van der Waals surface area contributed by atoms with Crippen molar-refractivity contribution in [2.75, 3.05) is 6.54 Å². The summed E-state index contributed by atoms with van der Waals surface area (Å²) in [4.78, 5) is 22.9. The molecule has 2 N–H and O–H groups in total. The summed E-state index contributed by atoms with van der Waals surface area (Å²) in [6.45, 7) is 3.08. The van der Waals surface area contributed by atoms with Crippen molar-refractivity contribution in [3.8, 4) is 0 Å². The molecule has 2 fully saturated rings. The minimum absolute atomic E-state index is 0.0365. The molecule has 0 heterocycles. The van der Waals surface area contributed by atoms with Gasteiger partial charge in [-0.3, -0.25) is 9.59 Å². The Hall–Kier alpha value is -1.06. The first kappa shape index (κ1) is 14.4. The first-order valence-corrected chi connectivity index (χ1v) is 7.56. The van der Waals surface area contributed by atoms with Gasteiger partial charge in [0.1, 0.15) is 0 Å². The fourth-order valence-electron chi connectivity index (χ4n) is 3.50. The van der Waals surface area contributed by atoms with Crippen molar-refractivity contribution in [1.29, 1.82) is 0 Å². The van der Waals surface area contributed by atoms with E-state index in [1.165, 1.54) is 19.3 Å². The van der Waals surface area contributed by atoms with Crippen molar-refractivity contribution in [3.63, 3.8) is 0 Å². The largest absolute Gasteiger partial charge is 0.481 e. The summed E-state index contributed by atoms with van der Waals surface area (Å²) in [7, 11) is 0. The van der Waals surface area contributed by atoms with Crippen LogP contribution in [0.25, 0.3) is 0 Å². The summed E-state index contributed by atoms with van der Waals surface area (Å²) in [5.74, 6) is 0.679. The Morgan fingerprint density at radius 3 is 2.21 bits per heavy atom. The van der Waals surface area contributed by atoms with Gasteiger partial charge in [-0.2, -0.15) is 0 Å². The van der Waals surface area contributed by atoms with E-state index in [1.54, 1.807) is 0 Å². The summed E-state index contributed by atoms with van der Waals surface area (Å²) in [5, 5.41) is 12.0. The molecule has 0 spiro atoms. The second-order valence-corrected chi connectivity index (χ2v) is 6.42. The molecule has 4 nitrogen and oxygen atoms in total. The smallest absolute Gasteiger partial charge is 0.306 e. The lowest BCUT2D eigenvalue weighted by Gasteiger charge is -2.25. The van der Waals surface area contributed by atoms with Crippen molar-refractivity contribution >= 4 is 11.9 Å². The number of aliphatic carboxylic acids is 1. The molecule has 108 valence electrons. The number of nitrogens with one attached hydrogen (secondary N) is 1. The van der Waals surface area contributed by atoms with Gasteiger partial charge in [-0.1, -0.05) is 13.3 Å². The van der Waals surface area contributed by atoms with Gasteiger partial charge in [0.15, 0.2) is 0 Å². The van der Waals surface area contributed by atoms with Crippen LogP contribution in [0.15, 0.2) is 0 Å². The van der Waals surface area contributed by atoms with Crippen LogP contribution in [0.1, 0.15) is 51.9 Å². The molecule has 0 aromatic carbocycles. The maximum atomic E-state index is 12.1. The van der Waals surface area contributed by atoms with Crippen LogP contribution in [-0.4, -0.2) is 23.5 Å². The van der Waals surface area contributed by atoms with E-state index < -0.39 is 5.97 Å². The number of hydrogen-bond acceptors (Lipinski definition) is 2. The molecule has 0 aromatic heterocycles. The Balaban J connectivity index is 1.68. The summed E-state index contributed by atoms with van der Waals surface area (Å²) < 4.78 is 0. The lowest BCUT2D eigenvalue weighted by molar-refractivity contribution is -0.144. The molecule has 0 bridgehead atoms. The zero-order chi connectivity index (χ0) is 13.8. The average Bonchev–Trinajstić information content (AvgIpc) is 2.82. The Labute approximate surface area is 115 Å². The van der Waals surface area contributed by atoms with Crippen molar-refractivity contribution in [2.45, 2.75) is 51.9 Å². The van der Waals surface area contributed by atoms with Crippen LogP contribution >= 0.6 is 0 Å². The summed E-state index contributed by atoms with van der Waals surface area (Å²) in [6.07, 6.45) is 6.49. The lowest BCUT2D eigenvalue weighted by atomic mass is 9.81. The van der Waals surface area contributed by atoms with E-state index in [4.69, 9.17) is 5.11 Å². The average molecular weight is 267 g/mol. The van der Waals surface area contributed by atoms with Crippen molar-refractivity contribution in [3.05, 3.63) is 0 Å². The van der Waals surface area contributed by atoms with E-state index in [1.807, 2.05) is 0 Å². The molecule has 0 radical (unpaired) electrons. The van der Waals surface area contributed by atoms with Crippen molar-refractivity contribution in [1.82, 2.24) is 5.32 Å². The number of carboxylic acids is 1. The monoisotopic (exact) mass is 267 g/mol. The summed E-state index contributed by atoms with van der Waals surface area (Å²) >= 11 is 0. The van der Waals surface area contributed by atoms with Gasteiger partial charge < -0.3 is 10.4 Å². The summed E-state index contributed by atoms with van der Waals surface area (Å²) in [6, 6.07) is 0. The van der Waals surface area contributed by atoms with Crippen LogP contribution < -0.4 is 5.32 Å². The molecule has 2 saturated carbocycles. The van der Waals surface area contributed by atoms with Gasteiger partial charge in [0.25, 0.3) is 0 Å².